The van der Waals surface area contributed by atoms with Gasteiger partial charge in [0.05, 0.1) is 18.4 Å². The zero-order valence-electron chi connectivity index (χ0n) is 15.0. The summed E-state index contributed by atoms with van der Waals surface area (Å²) in [6, 6.07) is 18.6. The van der Waals surface area contributed by atoms with E-state index in [2.05, 4.69) is 16.0 Å². The Morgan fingerprint density at radius 2 is 1.64 bits per heavy atom. The first-order valence-electron chi connectivity index (χ1n) is 8.57. The van der Waals surface area contributed by atoms with Crippen molar-refractivity contribution in [1.29, 1.82) is 0 Å². The van der Waals surface area contributed by atoms with Crippen molar-refractivity contribution in [2.24, 2.45) is 0 Å². The molecule has 3 amide bonds. The van der Waals surface area contributed by atoms with Crippen LogP contribution >= 0.6 is 0 Å². The Hall–Kier alpha value is -4.00. The Bertz CT molecular complexity index is 1050. The number of hydrogen-bond donors (Lipinski definition) is 3. The highest BCUT2D eigenvalue weighted by atomic mass is 16.5. The Kier molecular flexibility index (Phi) is 4.55. The highest BCUT2D eigenvalue weighted by Gasteiger charge is 2.21. The van der Waals surface area contributed by atoms with E-state index in [0.717, 1.165) is 0 Å². The highest BCUT2D eigenvalue weighted by molar-refractivity contribution is 6.09. The Morgan fingerprint density at radius 1 is 0.929 bits per heavy atom. The molecule has 0 fully saturated rings. The molecule has 7 heteroatoms. The second-order valence-electron chi connectivity index (χ2n) is 6.07. The van der Waals surface area contributed by atoms with Crippen LogP contribution in [0.1, 0.15) is 10.4 Å². The van der Waals surface area contributed by atoms with E-state index in [9.17, 15) is 9.59 Å². The lowest BCUT2D eigenvalue weighted by atomic mass is 10.1. The van der Waals surface area contributed by atoms with Crippen LogP contribution in [-0.4, -0.2) is 19.0 Å². The van der Waals surface area contributed by atoms with Crippen LogP contribution in [0.3, 0.4) is 0 Å². The molecular formula is C21H17N3O4. The van der Waals surface area contributed by atoms with Crippen molar-refractivity contribution < 1.29 is 19.1 Å². The maximum atomic E-state index is 12.5. The predicted octanol–water partition coefficient (Wildman–Crippen LogP) is 4.70. The van der Waals surface area contributed by atoms with E-state index in [1.54, 1.807) is 61.7 Å². The maximum absolute atomic E-state index is 12.5. The number of ether oxygens (including phenoxy) is 2. The second kappa shape index (κ2) is 7.32. The summed E-state index contributed by atoms with van der Waals surface area (Å²) in [5.41, 5.74) is 2.01. The molecule has 7 nitrogen and oxygen atoms in total. The first-order valence-corrected chi connectivity index (χ1v) is 8.57. The van der Waals surface area contributed by atoms with Crippen molar-refractivity contribution in [1.82, 2.24) is 0 Å². The molecule has 0 aromatic heterocycles. The van der Waals surface area contributed by atoms with Crippen LogP contribution in [0.25, 0.3) is 0 Å². The first kappa shape index (κ1) is 17.4. The average Bonchev–Trinajstić information content (AvgIpc) is 2.84. The van der Waals surface area contributed by atoms with Gasteiger partial charge in [-0.05, 0) is 54.6 Å². The van der Waals surface area contributed by atoms with Gasteiger partial charge in [0.2, 0.25) is 0 Å². The molecule has 3 N–H and O–H groups in total. The molecular weight excluding hydrogens is 358 g/mol. The predicted molar refractivity (Wildman–Crippen MR) is 107 cm³/mol. The third kappa shape index (κ3) is 3.59. The normalized spacial score (nSPS) is 11.8. The molecule has 28 heavy (non-hydrogen) atoms. The van der Waals surface area contributed by atoms with Crippen molar-refractivity contribution in [2.45, 2.75) is 0 Å². The number of carbonyl (C=O) groups is 2. The summed E-state index contributed by atoms with van der Waals surface area (Å²) >= 11 is 0. The molecule has 3 aromatic carbocycles. The van der Waals surface area contributed by atoms with Crippen LogP contribution in [0.4, 0.5) is 21.9 Å². The van der Waals surface area contributed by atoms with E-state index in [4.69, 9.17) is 9.47 Å². The molecule has 0 unspecified atom stereocenters. The lowest BCUT2D eigenvalue weighted by Gasteiger charge is -2.11. The van der Waals surface area contributed by atoms with Gasteiger partial charge in [-0.25, -0.2) is 4.79 Å². The van der Waals surface area contributed by atoms with Gasteiger partial charge in [0, 0.05) is 11.4 Å². The van der Waals surface area contributed by atoms with Gasteiger partial charge in [-0.3, -0.25) is 4.79 Å². The monoisotopic (exact) mass is 375 g/mol. The van der Waals surface area contributed by atoms with Crippen LogP contribution in [0.5, 0.6) is 17.2 Å². The smallest absolute Gasteiger partial charge is 0.323 e. The lowest BCUT2D eigenvalue weighted by molar-refractivity contribution is 0.102. The molecule has 4 rings (SSSR count). The first-order chi connectivity index (χ1) is 13.6. The number of urea groups is 1. The molecule has 0 saturated heterocycles. The number of benzene rings is 3. The van der Waals surface area contributed by atoms with Gasteiger partial charge in [-0.15, -0.1) is 0 Å². The SMILES string of the molecule is COc1ccc(NC(=O)Nc2ccc3c(c2)C(=O)Nc2ccccc2O3)cc1. The molecule has 0 spiro atoms. The Labute approximate surface area is 161 Å². The van der Waals surface area contributed by atoms with Crippen molar-refractivity contribution in [3.05, 3.63) is 72.3 Å². The van der Waals surface area contributed by atoms with E-state index in [1.807, 2.05) is 12.1 Å². The van der Waals surface area contributed by atoms with Gasteiger partial charge in [0.15, 0.2) is 5.75 Å². The van der Waals surface area contributed by atoms with E-state index in [-0.39, 0.29) is 5.91 Å². The molecule has 3 aromatic rings. The number of hydrogen-bond acceptors (Lipinski definition) is 4. The number of nitrogens with one attached hydrogen (secondary N) is 3. The van der Waals surface area contributed by atoms with Crippen LogP contribution in [0, 0.1) is 0 Å². The summed E-state index contributed by atoms with van der Waals surface area (Å²) in [6.07, 6.45) is 0. The van der Waals surface area contributed by atoms with E-state index in [1.165, 1.54) is 0 Å². The minimum atomic E-state index is -0.427. The third-order valence-corrected chi connectivity index (χ3v) is 4.19. The van der Waals surface area contributed by atoms with Gasteiger partial charge < -0.3 is 25.4 Å². The molecule has 0 saturated carbocycles. The van der Waals surface area contributed by atoms with Gasteiger partial charge in [-0.1, -0.05) is 12.1 Å². The zero-order valence-corrected chi connectivity index (χ0v) is 15.0. The average molecular weight is 375 g/mol. The zero-order chi connectivity index (χ0) is 19.5. The summed E-state index contributed by atoms with van der Waals surface area (Å²) in [4.78, 5) is 24.8. The van der Waals surface area contributed by atoms with Crippen LogP contribution in [0.2, 0.25) is 0 Å². The quantitative estimate of drug-likeness (QED) is 0.619. The molecule has 1 aliphatic rings. The standard InChI is InChI=1S/C21H17N3O4/c1-27-15-9-6-13(7-10-15)22-21(26)23-14-8-11-18-16(12-14)20(25)24-17-4-2-3-5-19(17)28-18/h2-12H,1H3,(H,24,25)(H2,22,23,26). The van der Waals surface area contributed by atoms with Crippen molar-refractivity contribution >= 4 is 29.0 Å². The summed E-state index contributed by atoms with van der Waals surface area (Å²) < 4.78 is 10.9. The summed E-state index contributed by atoms with van der Waals surface area (Å²) in [6.45, 7) is 0. The van der Waals surface area contributed by atoms with Gasteiger partial charge in [0.1, 0.15) is 11.5 Å². The van der Waals surface area contributed by atoms with E-state index < -0.39 is 6.03 Å². The number of para-hydroxylation sites is 2. The fourth-order valence-electron chi connectivity index (χ4n) is 2.81. The van der Waals surface area contributed by atoms with Crippen LogP contribution in [-0.2, 0) is 0 Å². The van der Waals surface area contributed by atoms with Gasteiger partial charge in [-0.2, -0.15) is 0 Å². The summed E-state index contributed by atoms with van der Waals surface area (Å²) in [7, 11) is 1.58. The number of carbonyl (C=O) groups excluding carboxylic acids is 2. The number of rotatable bonds is 3. The number of amides is 3. The van der Waals surface area contributed by atoms with E-state index >= 15 is 0 Å². The van der Waals surface area contributed by atoms with Gasteiger partial charge >= 0.3 is 6.03 Å². The number of anilines is 3. The topological polar surface area (TPSA) is 88.7 Å². The fraction of sp³-hybridized carbons (Fsp3) is 0.0476. The largest absolute Gasteiger partial charge is 0.497 e. The minimum Gasteiger partial charge on any atom is -0.497 e. The van der Waals surface area contributed by atoms with Crippen molar-refractivity contribution in [3.8, 4) is 17.2 Å². The molecule has 0 bridgehead atoms. The van der Waals surface area contributed by atoms with Crippen LogP contribution in [0.15, 0.2) is 66.7 Å². The molecule has 1 aliphatic heterocycles. The van der Waals surface area contributed by atoms with Crippen molar-refractivity contribution in [2.75, 3.05) is 23.1 Å². The molecule has 0 aliphatic carbocycles. The van der Waals surface area contributed by atoms with Gasteiger partial charge in [0.25, 0.3) is 5.91 Å². The number of methoxy groups -OCH3 is 1. The molecule has 140 valence electrons. The minimum absolute atomic E-state index is 0.306. The summed E-state index contributed by atoms with van der Waals surface area (Å²) in [5, 5.41) is 8.24. The number of fused-ring (bicyclic) bond motifs is 2. The van der Waals surface area contributed by atoms with E-state index in [0.29, 0.717) is 39.9 Å². The third-order valence-electron chi connectivity index (χ3n) is 4.19. The highest BCUT2D eigenvalue weighted by Crippen LogP contribution is 2.36. The lowest BCUT2D eigenvalue weighted by Crippen LogP contribution is -2.20. The molecule has 0 atom stereocenters. The Balaban J connectivity index is 1.50. The van der Waals surface area contributed by atoms with Crippen LogP contribution < -0.4 is 25.4 Å². The maximum Gasteiger partial charge on any atom is 0.323 e. The summed E-state index contributed by atoms with van der Waals surface area (Å²) in [5.74, 6) is 1.37. The second-order valence-corrected chi connectivity index (χ2v) is 6.07. The Morgan fingerprint density at radius 3 is 2.43 bits per heavy atom. The fourth-order valence-corrected chi connectivity index (χ4v) is 2.81. The molecule has 0 radical (unpaired) electrons. The molecule has 1 heterocycles. The van der Waals surface area contributed by atoms with Crippen molar-refractivity contribution in [3.63, 3.8) is 0 Å².